The zero-order chi connectivity index (χ0) is 12.4. The molecule has 8 heteroatoms. The molecule has 1 aliphatic rings. The molecular weight excluding hydrogens is 224 g/mol. The Morgan fingerprint density at radius 3 is 2.82 bits per heavy atom. The van der Waals surface area contributed by atoms with Gasteiger partial charge in [-0.1, -0.05) is 13.3 Å². The Morgan fingerprint density at radius 1 is 1.59 bits per heavy atom. The molecule has 1 heterocycles. The molecular formula is C9H14N6O2. The SMILES string of the molecule is CCC1CC1Nc1ncnc(NN)c1[N+](=O)[O-]. The molecule has 1 aliphatic carbocycles. The Labute approximate surface area is 97.8 Å². The van der Waals surface area contributed by atoms with Crippen molar-refractivity contribution in [2.45, 2.75) is 25.8 Å². The molecule has 0 bridgehead atoms. The van der Waals surface area contributed by atoms with Crippen LogP contribution in [0.1, 0.15) is 19.8 Å². The summed E-state index contributed by atoms with van der Waals surface area (Å²) in [5, 5.41) is 14.0. The first-order chi connectivity index (χ1) is 8.17. The molecule has 92 valence electrons. The lowest BCUT2D eigenvalue weighted by Crippen LogP contribution is -2.14. The first kappa shape index (κ1) is 11.5. The highest BCUT2D eigenvalue weighted by Crippen LogP contribution is 2.38. The lowest BCUT2D eigenvalue weighted by atomic mass is 10.3. The van der Waals surface area contributed by atoms with Crippen molar-refractivity contribution in [2.75, 3.05) is 10.7 Å². The van der Waals surface area contributed by atoms with Gasteiger partial charge in [-0.2, -0.15) is 0 Å². The monoisotopic (exact) mass is 238 g/mol. The average molecular weight is 238 g/mol. The van der Waals surface area contributed by atoms with E-state index < -0.39 is 4.92 Å². The predicted molar refractivity (Wildman–Crippen MR) is 62.3 cm³/mol. The molecule has 1 fully saturated rings. The van der Waals surface area contributed by atoms with Crippen LogP contribution >= 0.6 is 0 Å². The molecule has 2 rings (SSSR count). The molecule has 1 aromatic rings. The summed E-state index contributed by atoms with van der Waals surface area (Å²) in [5.41, 5.74) is 1.99. The smallest absolute Gasteiger partial charge is 0.354 e. The lowest BCUT2D eigenvalue weighted by molar-refractivity contribution is -0.383. The van der Waals surface area contributed by atoms with Gasteiger partial charge in [-0.05, 0) is 12.3 Å². The van der Waals surface area contributed by atoms with Gasteiger partial charge in [0.2, 0.25) is 11.6 Å². The summed E-state index contributed by atoms with van der Waals surface area (Å²) in [7, 11) is 0. The molecule has 1 saturated carbocycles. The van der Waals surface area contributed by atoms with E-state index in [-0.39, 0.29) is 23.4 Å². The Kier molecular flexibility index (Phi) is 3.05. The Morgan fingerprint density at radius 2 is 2.29 bits per heavy atom. The second-order valence-corrected chi connectivity index (χ2v) is 3.98. The summed E-state index contributed by atoms with van der Waals surface area (Å²) in [6, 6.07) is 0.263. The van der Waals surface area contributed by atoms with E-state index in [1.807, 2.05) is 0 Å². The number of rotatable bonds is 5. The molecule has 0 radical (unpaired) electrons. The van der Waals surface area contributed by atoms with Gasteiger partial charge in [0, 0.05) is 6.04 Å². The van der Waals surface area contributed by atoms with Crippen molar-refractivity contribution in [3.05, 3.63) is 16.4 Å². The van der Waals surface area contributed by atoms with E-state index in [0.717, 1.165) is 12.8 Å². The third-order valence-corrected chi connectivity index (χ3v) is 2.91. The fourth-order valence-corrected chi connectivity index (χ4v) is 1.81. The molecule has 2 unspecified atom stereocenters. The highest BCUT2D eigenvalue weighted by Gasteiger charge is 2.37. The van der Waals surface area contributed by atoms with Crippen LogP contribution in [0.2, 0.25) is 0 Å². The molecule has 0 aromatic carbocycles. The number of anilines is 2. The van der Waals surface area contributed by atoms with Gasteiger partial charge in [0.25, 0.3) is 0 Å². The minimum absolute atomic E-state index is 0.0150. The minimum atomic E-state index is -0.541. The van der Waals surface area contributed by atoms with Gasteiger partial charge in [-0.3, -0.25) is 10.1 Å². The van der Waals surface area contributed by atoms with Crippen LogP contribution in [0.25, 0.3) is 0 Å². The van der Waals surface area contributed by atoms with E-state index >= 15 is 0 Å². The number of nitro groups is 1. The second-order valence-electron chi connectivity index (χ2n) is 3.98. The normalized spacial score (nSPS) is 22.0. The van der Waals surface area contributed by atoms with Crippen LogP contribution in [0.15, 0.2) is 6.33 Å². The van der Waals surface area contributed by atoms with Crippen molar-refractivity contribution < 1.29 is 4.92 Å². The van der Waals surface area contributed by atoms with E-state index in [1.165, 1.54) is 6.33 Å². The number of nitrogens with two attached hydrogens (primary N) is 1. The highest BCUT2D eigenvalue weighted by molar-refractivity contribution is 5.69. The van der Waals surface area contributed by atoms with Gasteiger partial charge in [-0.25, -0.2) is 15.8 Å². The molecule has 1 aromatic heterocycles. The maximum atomic E-state index is 10.9. The van der Waals surface area contributed by atoms with E-state index in [1.54, 1.807) is 0 Å². The molecule has 4 N–H and O–H groups in total. The zero-order valence-corrected chi connectivity index (χ0v) is 9.38. The van der Waals surface area contributed by atoms with Gasteiger partial charge in [0.1, 0.15) is 6.33 Å². The third-order valence-electron chi connectivity index (χ3n) is 2.91. The summed E-state index contributed by atoms with van der Waals surface area (Å²) in [5.74, 6) is 5.99. The number of hydrogen-bond donors (Lipinski definition) is 3. The maximum absolute atomic E-state index is 10.9. The Bertz CT molecular complexity index is 437. The summed E-state index contributed by atoms with van der Waals surface area (Å²) in [6.07, 6.45) is 3.31. The van der Waals surface area contributed by atoms with Gasteiger partial charge < -0.3 is 10.7 Å². The summed E-state index contributed by atoms with van der Waals surface area (Å²) < 4.78 is 0. The van der Waals surface area contributed by atoms with Crippen LogP contribution in [-0.4, -0.2) is 20.9 Å². The molecule has 17 heavy (non-hydrogen) atoms. The number of nitrogen functional groups attached to an aromatic ring is 1. The van der Waals surface area contributed by atoms with E-state index in [0.29, 0.717) is 5.92 Å². The number of hydrogen-bond acceptors (Lipinski definition) is 7. The lowest BCUT2D eigenvalue weighted by Gasteiger charge is -2.07. The van der Waals surface area contributed by atoms with Crippen LogP contribution in [0, 0.1) is 16.0 Å². The van der Waals surface area contributed by atoms with Crippen molar-refractivity contribution in [2.24, 2.45) is 11.8 Å². The van der Waals surface area contributed by atoms with Crippen molar-refractivity contribution in [3.63, 3.8) is 0 Å². The Hall–Kier alpha value is -1.96. The summed E-state index contributed by atoms with van der Waals surface area (Å²) in [6.45, 7) is 2.09. The van der Waals surface area contributed by atoms with Crippen molar-refractivity contribution >= 4 is 17.3 Å². The maximum Gasteiger partial charge on any atom is 0.354 e. The van der Waals surface area contributed by atoms with Gasteiger partial charge in [0.15, 0.2) is 0 Å². The summed E-state index contributed by atoms with van der Waals surface area (Å²) in [4.78, 5) is 18.0. The Balaban J connectivity index is 2.24. The fraction of sp³-hybridized carbons (Fsp3) is 0.556. The van der Waals surface area contributed by atoms with Crippen molar-refractivity contribution in [1.82, 2.24) is 9.97 Å². The minimum Gasteiger partial charge on any atom is -0.361 e. The first-order valence-electron chi connectivity index (χ1n) is 5.39. The molecule has 0 amide bonds. The van der Waals surface area contributed by atoms with Crippen LogP contribution < -0.4 is 16.6 Å². The van der Waals surface area contributed by atoms with Crippen molar-refractivity contribution in [3.8, 4) is 0 Å². The first-order valence-corrected chi connectivity index (χ1v) is 5.39. The van der Waals surface area contributed by atoms with Crippen molar-refractivity contribution in [1.29, 1.82) is 0 Å². The van der Waals surface area contributed by atoms with Gasteiger partial charge in [-0.15, -0.1) is 0 Å². The fourth-order valence-electron chi connectivity index (χ4n) is 1.81. The second kappa shape index (κ2) is 4.50. The molecule has 0 spiro atoms. The predicted octanol–water partition coefficient (Wildman–Crippen LogP) is 0.881. The summed E-state index contributed by atoms with van der Waals surface area (Å²) >= 11 is 0. The number of nitrogens with zero attached hydrogens (tertiary/aromatic N) is 3. The number of hydrazine groups is 1. The van der Waals surface area contributed by atoms with E-state index in [2.05, 4.69) is 27.6 Å². The molecule has 8 nitrogen and oxygen atoms in total. The van der Waals surface area contributed by atoms with Crippen LogP contribution in [-0.2, 0) is 0 Å². The molecule has 0 aliphatic heterocycles. The van der Waals surface area contributed by atoms with Crippen LogP contribution in [0.3, 0.4) is 0 Å². The van der Waals surface area contributed by atoms with Crippen LogP contribution in [0.5, 0.6) is 0 Å². The third kappa shape index (κ3) is 2.26. The van der Waals surface area contributed by atoms with Gasteiger partial charge >= 0.3 is 5.69 Å². The standard InChI is InChI=1S/C9H14N6O2/c1-2-5-3-6(5)13-8-7(15(16)17)9(14-10)12-4-11-8/h4-6H,2-3,10H2,1H3,(H2,11,12,13,14). The van der Waals surface area contributed by atoms with Gasteiger partial charge in [0.05, 0.1) is 4.92 Å². The quantitative estimate of drug-likeness (QED) is 0.395. The number of aromatic nitrogens is 2. The molecule has 0 saturated heterocycles. The molecule has 2 atom stereocenters. The zero-order valence-electron chi connectivity index (χ0n) is 9.38. The van der Waals surface area contributed by atoms with E-state index in [4.69, 9.17) is 5.84 Å². The number of nitrogens with one attached hydrogen (secondary N) is 2. The topological polar surface area (TPSA) is 119 Å². The highest BCUT2D eigenvalue weighted by atomic mass is 16.6. The van der Waals surface area contributed by atoms with Crippen LogP contribution in [0.4, 0.5) is 17.3 Å². The largest absolute Gasteiger partial charge is 0.361 e. The van der Waals surface area contributed by atoms with E-state index in [9.17, 15) is 10.1 Å². The average Bonchev–Trinajstić information content (AvgIpc) is 3.06.